The van der Waals surface area contributed by atoms with Crippen LogP contribution in [0, 0.1) is 0 Å². The lowest BCUT2D eigenvalue weighted by Crippen LogP contribution is -2.20. The summed E-state index contributed by atoms with van der Waals surface area (Å²) in [4.78, 5) is 9.96. The first-order valence-electron chi connectivity index (χ1n) is 1.98. The van der Waals surface area contributed by atoms with Crippen LogP contribution in [0.1, 0.15) is 6.92 Å². The minimum Gasteiger partial charge on any atom is -0.393 e. The van der Waals surface area contributed by atoms with Gasteiger partial charge in [-0.15, -0.1) is 0 Å². The highest BCUT2D eigenvalue weighted by Crippen LogP contribution is 1.79. The molecule has 0 saturated carbocycles. The van der Waals surface area contributed by atoms with Crippen LogP contribution in [0.2, 0.25) is 0 Å². The Morgan fingerprint density at radius 1 is 1.86 bits per heavy atom. The van der Waals surface area contributed by atoms with Gasteiger partial charge in [-0.3, -0.25) is 4.79 Å². The van der Waals surface area contributed by atoms with E-state index >= 15 is 0 Å². The first kappa shape index (κ1) is 6.59. The van der Waals surface area contributed by atoms with E-state index in [1.165, 1.54) is 6.92 Å². The number of aliphatic hydroxyl groups excluding tert-OH is 2. The van der Waals surface area contributed by atoms with Gasteiger partial charge in [-0.2, -0.15) is 0 Å². The first-order chi connectivity index (χ1) is 3.18. The van der Waals surface area contributed by atoms with Crippen molar-refractivity contribution in [2.24, 2.45) is 0 Å². The van der Waals surface area contributed by atoms with E-state index in [2.05, 4.69) is 0 Å². The summed E-state index contributed by atoms with van der Waals surface area (Å²) in [5.41, 5.74) is 0. The molecule has 3 nitrogen and oxygen atoms in total. The number of aliphatic hydroxyl groups is 2. The number of rotatable bonds is 2. The molecule has 0 spiro atoms. The van der Waals surface area contributed by atoms with Crippen LogP contribution in [0.15, 0.2) is 0 Å². The van der Waals surface area contributed by atoms with Gasteiger partial charge < -0.3 is 10.2 Å². The van der Waals surface area contributed by atoms with E-state index in [1.54, 1.807) is 0 Å². The fourth-order valence-corrected chi connectivity index (χ4v) is 0.129. The molecule has 0 rings (SSSR count). The lowest BCUT2D eigenvalue weighted by atomic mass is 10.3. The van der Waals surface area contributed by atoms with Crippen LogP contribution in [-0.4, -0.2) is 28.7 Å². The second-order valence-electron chi connectivity index (χ2n) is 1.31. The van der Waals surface area contributed by atoms with Gasteiger partial charge in [-0.1, -0.05) is 0 Å². The van der Waals surface area contributed by atoms with Crippen molar-refractivity contribution in [1.29, 1.82) is 0 Å². The van der Waals surface area contributed by atoms with E-state index < -0.39 is 18.5 Å². The molecular weight excluding hydrogens is 96.0 g/mol. The molecule has 0 aromatic rings. The molecule has 1 atom stereocenters. The van der Waals surface area contributed by atoms with Gasteiger partial charge in [-0.25, -0.2) is 0 Å². The smallest absolute Gasteiger partial charge is 0.160 e. The van der Waals surface area contributed by atoms with Gasteiger partial charge in [0.05, 0.1) is 6.61 Å². The van der Waals surface area contributed by atoms with E-state index in [0.717, 1.165) is 0 Å². The molecule has 42 valence electrons. The predicted molar refractivity (Wildman–Crippen MR) is 23.8 cm³/mol. The lowest BCUT2D eigenvalue weighted by Gasteiger charge is -1.97. The highest BCUT2D eigenvalue weighted by molar-refractivity contribution is 5.80. The average molecular weight is 104 g/mol. The molecule has 0 radical (unpaired) electrons. The van der Waals surface area contributed by atoms with Gasteiger partial charge in [0.25, 0.3) is 0 Å². The van der Waals surface area contributed by atoms with Crippen molar-refractivity contribution in [3.05, 3.63) is 0 Å². The maximum atomic E-state index is 9.96. The van der Waals surface area contributed by atoms with E-state index in [-0.39, 0.29) is 0 Å². The molecule has 0 amide bonds. The quantitative estimate of drug-likeness (QED) is 0.469. The van der Waals surface area contributed by atoms with Gasteiger partial charge in [-0.05, 0) is 6.92 Å². The van der Waals surface area contributed by atoms with E-state index in [4.69, 9.17) is 10.2 Å². The zero-order chi connectivity index (χ0) is 5.86. The Hall–Kier alpha value is -0.410. The average Bonchev–Trinajstić information content (AvgIpc) is 1.65. The monoisotopic (exact) mass is 104 g/mol. The molecule has 0 fully saturated rings. The van der Waals surface area contributed by atoms with Gasteiger partial charge in [0.2, 0.25) is 0 Å². The number of ketones is 1. The zero-order valence-corrected chi connectivity index (χ0v) is 4.09. The maximum Gasteiger partial charge on any atom is 0.160 e. The fourth-order valence-electron chi connectivity index (χ4n) is 0.129. The van der Waals surface area contributed by atoms with Crippen molar-refractivity contribution < 1.29 is 15.0 Å². The Morgan fingerprint density at radius 3 is 2.29 bits per heavy atom. The molecule has 2 N–H and O–H groups in total. The van der Waals surface area contributed by atoms with Crippen LogP contribution in [0.4, 0.5) is 0 Å². The Labute approximate surface area is 41.6 Å². The summed E-state index contributed by atoms with van der Waals surface area (Å²) >= 11 is 0. The topological polar surface area (TPSA) is 57.5 Å². The van der Waals surface area contributed by atoms with Gasteiger partial charge in [0.15, 0.2) is 5.78 Å². The number of Topliss-reactive ketones (excluding diaryl/α,β-unsaturated/α-hetero) is 1. The normalized spacial score (nSPS) is 13.6. The van der Waals surface area contributed by atoms with Crippen molar-refractivity contribution in [2.45, 2.75) is 13.0 Å². The highest BCUT2D eigenvalue weighted by atomic mass is 16.3. The maximum absolute atomic E-state index is 9.96. The van der Waals surface area contributed by atoms with E-state index in [0.29, 0.717) is 0 Å². The minimum atomic E-state index is -1.18. The minimum absolute atomic E-state index is 0.400. The molecular formula is C4H8O3. The SMILES string of the molecule is CC(=O)C(O)CO. The number of hydrogen-bond donors (Lipinski definition) is 2. The number of carbonyl (C=O) groups is 1. The van der Waals surface area contributed by atoms with Crippen molar-refractivity contribution >= 4 is 5.78 Å². The summed E-state index contributed by atoms with van der Waals surface area (Å²) in [6.45, 7) is 0.746. The summed E-state index contributed by atoms with van der Waals surface area (Å²) in [5, 5.41) is 16.4. The van der Waals surface area contributed by atoms with E-state index in [1.807, 2.05) is 0 Å². The summed E-state index contributed by atoms with van der Waals surface area (Å²) < 4.78 is 0. The Kier molecular flexibility index (Phi) is 2.55. The third-order valence-corrected chi connectivity index (χ3v) is 0.642. The highest BCUT2D eigenvalue weighted by Gasteiger charge is 2.04. The predicted octanol–water partition coefficient (Wildman–Crippen LogP) is -1.07. The molecule has 0 aliphatic heterocycles. The van der Waals surface area contributed by atoms with E-state index in [9.17, 15) is 4.79 Å². The van der Waals surface area contributed by atoms with Crippen molar-refractivity contribution in [2.75, 3.05) is 6.61 Å². The molecule has 0 bridgehead atoms. The molecule has 0 heterocycles. The zero-order valence-electron chi connectivity index (χ0n) is 4.09. The third-order valence-electron chi connectivity index (χ3n) is 0.642. The van der Waals surface area contributed by atoms with Crippen LogP contribution in [0.5, 0.6) is 0 Å². The molecule has 3 heteroatoms. The van der Waals surface area contributed by atoms with Crippen molar-refractivity contribution in [3.8, 4) is 0 Å². The molecule has 0 aliphatic rings. The van der Waals surface area contributed by atoms with Crippen LogP contribution in [-0.2, 0) is 4.79 Å². The summed E-state index contributed by atoms with van der Waals surface area (Å²) in [7, 11) is 0. The summed E-state index contributed by atoms with van der Waals surface area (Å²) in [6, 6.07) is 0. The van der Waals surface area contributed by atoms with Crippen molar-refractivity contribution in [1.82, 2.24) is 0 Å². The Bertz CT molecular complexity index is 69.3. The second-order valence-corrected chi connectivity index (χ2v) is 1.31. The number of hydrogen-bond acceptors (Lipinski definition) is 3. The summed E-state index contributed by atoms with van der Waals surface area (Å²) in [5.74, 6) is -0.400. The molecule has 7 heavy (non-hydrogen) atoms. The molecule has 0 aromatic carbocycles. The van der Waals surface area contributed by atoms with Gasteiger partial charge >= 0.3 is 0 Å². The fraction of sp³-hybridized carbons (Fsp3) is 0.750. The second kappa shape index (κ2) is 2.71. The summed E-state index contributed by atoms with van der Waals surface area (Å²) in [6.07, 6.45) is -1.18. The molecule has 0 saturated heterocycles. The molecule has 1 unspecified atom stereocenters. The Morgan fingerprint density at radius 2 is 2.29 bits per heavy atom. The molecule has 0 aromatic heterocycles. The standard InChI is InChI=1S/C4H8O3/c1-3(6)4(7)2-5/h4-5,7H,2H2,1H3. The number of carbonyl (C=O) groups excluding carboxylic acids is 1. The third kappa shape index (κ3) is 2.31. The first-order valence-corrected chi connectivity index (χ1v) is 1.98. The van der Waals surface area contributed by atoms with Gasteiger partial charge in [0, 0.05) is 0 Å². The largest absolute Gasteiger partial charge is 0.393 e. The molecule has 0 aliphatic carbocycles. The van der Waals surface area contributed by atoms with Crippen LogP contribution in [0.25, 0.3) is 0 Å². The van der Waals surface area contributed by atoms with Crippen LogP contribution < -0.4 is 0 Å². The lowest BCUT2D eigenvalue weighted by molar-refractivity contribution is -0.126. The van der Waals surface area contributed by atoms with Gasteiger partial charge in [0.1, 0.15) is 6.10 Å². The Balaban J connectivity index is 3.34. The van der Waals surface area contributed by atoms with Crippen LogP contribution in [0.3, 0.4) is 0 Å². The van der Waals surface area contributed by atoms with Crippen molar-refractivity contribution in [3.63, 3.8) is 0 Å². The van der Waals surface area contributed by atoms with Crippen LogP contribution >= 0.6 is 0 Å².